The molecule has 4 aromatic rings. The Hall–Kier alpha value is -4.03. The predicted octanol–water partition coefficient (Wildman–Crippen LogP) is 2.79. The first-order valence-corrected chi connectivity index (χ1v) is 9.65. The maximum Gasteiger partial charge on any atom is 0.417 e. The smallest absolute Gasteiger partial charge is 0.337 e. The fourth-order valence-corrected chi connectivity index (χ4v) is 2.93. The summed E-state index contributed by atoms with van der Waals surface area (Å²) in [5.41, 5.74) is 0.532. The summed E-state index contributed by atoms with van der Waals surface area (Å²) in [6.45, 7) is 2.81. The zero-order valence-corrected chi connectivity index (χ0v) is 16.8. The number of hydrogen-bond donors (Lipinski definition) is 2. The van der Waals surface area contributed by atoms with Gasteiger partial charge in [-0.1, -0.05) is 0 Å². The van der Waals surface area contributed by atoms with Gasteiger partial charge in [0.2, 0.25) is 0 Å². The van der Waals surface area contributed by atoms with Gasteiger partial charge in [0.05, 0.1) is 18.3 Å². The number of carbonyl (C=O) groups excluding carboxylic acids is 1. The van der Waals surface area contributed by atoms with Crippen LogP contribution < -0.4 is 10.6 Å². The number of hydrogen-bond acceptors (Lipinski definition) is 6. The number of pyridine rings is 2. The van der Waals surface area contributed by atoms with Crippen molar-refractivity contribution in [3.05, 3.63) is 54.4 Å². The van der Waals surface area contributed by atoms with Crippen molar-refractivity contribution in [3.8, 4) is 11.1 Å². The van der Waals surface area contributed by atoms with Crippen molar-refractivity contribution in [1.29, 1.82) is 0 Å². The van der Waals surface area contributed by atoms with Crippen molar-refractivity contribution < 1.29 is 18.0 Å². The minimum Gasteiger partial charge on any atom is -0.337 e. The highest BCUT2D eigenvalue weighted by molar-refractivity contribution is 5.88. The van der Waals surface area contributed by atoms with Crippen LogP contribution in [0.2, 0.25) is 0 Å². The molecule has 0 atom stereocenters. The van der Waals surface area contributed by atoms with Gasteiger partial charge in [-0.3, -0.25) is 10.3 Å². The van der Waals surface area contributed by atoms with E-state index in [0.717, 1.165) is 12.3 Å². The van der Waals surface area contributed by atoms with Crippen molar-refractivity contribution in [2.24, 2.45) is 0 Å². The maximum atomic E-state index is 13.0. The van der Waals surface area contributed by atoms with Crippen LogP contribution in [0.15, 0.2) is 43.0 Å². The Kier molecular flexibility index (Phi) is 5.71. The summed E-state index contributed by atoms with van der Waals surface area (Å²) < 4.78 is 40.5. The van der Waals surface area contributed by atoms with Crippen LogP contribution in [0.5, 0.6) is 0 Å². The van der Waals surface area contributed by atoms with Crippen LogP contribution in [0.1, 0.15) is 18.3 Å². The summed E-state index contributed by atoms with van der Waals surface area (Å²) in [7, 11) is 0. The summed E-state index contributed by atoms with van der Waals surface area (Å²) in [5.74, 6) is 0.813. The Labute approximate surface area is 179 Å². The molecular weight excluding hydrogens is 427 g/mol. The van der Waals surface area contributed by atoms with E-state index in [9.17, 15) is 18.0 Å². The van der Waals surface area contributed by atoms with E-state index < -0.39 is 17.8 Å². The van der Waals surface area contributed by atoms with Gasteiger partial charge >= 0.3 is 12.2 Å². The molecule has 0 aromatic carbocycles. The maximum absolute atomic E-state index is 13.0. The third-order valence-corrected chi connectivity index (χ3v) is 4.50. The van der Waals surface area contributed by atoms with Crippen molar-refractivity contribution in [3.63, 3.8) is 0 Å². The van der Waals surface area contributed by atoms with Crippen LogP contribution in [0, 0.1) is 0 Å². The highest BCUT2D eigenvalue weighted by Gasteiger charge is 2.31. The Bertz CT molecular complexity index is 1250. The molecule has 0 aliphatic carbocycles. The predicted molar refractivity (Wildman–Crippen MR) is 108 cm³/mol. The number of anilines is 1. The number of imidazole rings is 1. The van der Waals surface area contributed by atoms with Crippen LogP contribution in [0.4, 0.5) is 23.8 Å². The average Bonchev–Trinajstić information content (AvgIpc) is 3.38. The van der Waals surface area contributed by atoms with Gasteiger partial charge in [-0.05, 0) is 30.3 Å². The lowest BCUT2D eigenvalue weighted by atomic mass is 10.1. The number of amides is 2. The topological polar surface area (TPSA) is 115 Å². The molecule has 4 aromatic heterocycles. The molecule has 0 unspecified atom stereocenters. The number of fused-ring (bicyclic) bond motifs is 1. The van der Waals surface area contributed by atoms with Crippen LogP contribution in [0.3, 0.4) is 0 Å². The van der Waals surface area contributed by atoms with E-state index in [4.69, 9.17) is 0 Å². The van der Waals surface area contributed by atoms with Crippen molar-refractivity contribution in [1.82, 2.24) is 39.9 Å². The zero-order valence-electron chi connectivity index (χ0n) is 16.8. The number of alkyl halides is 3. The number of tetrazole rings is 1. The summed E-state index contributed by atoms with van der Waals surface area (Å²) in [6.07, 6.45) is 1.26. The van der Waals surface area contributed by atoms with E-state index in [1.807, 2.05) is 6.92 Å². The fraction of sp³-hybridized carbons (Fsp3) is 0.263. The van der Waals surface area contributed by atoms with Gasteiger partial charge in [-0.2, -0.15) is 18.0 Å². The lowest BCUT2D eigenvalue weighted by molar-refractivity contribution is -0.137. The normalized spacial score (nSPS) is 11.6. The van der Waals surface area contributed by atoms with E-state index in [1.54, 1.807) is 28.9 Å². The second-order valence-corrected chi connectivity index (χ2v) is 6.79. The lowest BCUT2D eigenvalue weighted by Gasteiger charge is -2.08. The summed E-state index contributed by atoms with van der Waals surface area (Å²) in [5, 5.41) is 17.1. The quantitative estimate of drug-likeness (QED) is 0.472. The molecule has 166 valence electrons. The molecule has 2 amide bonds. The molecule has 0 bridgehead atoms. The third-order valence-electron chi connectivity index (χ3n) is 4.50. The molecule has 0 spiro atoms. The van der Waals surface area contributed by atoms with Crippen LogP contribution in [-0.4, -0.2) is 47.2 Å². The largest absolute Gasteiger partial charge is 0.417 e. The summed E-state index contributed by atoms with van der Waals surface area (Å²) >= 11 is 0. The van der Waals surface area contributed by atoms with Gasteiger partial charge in [0, 0.05) is 42.7 Å². The molecule has 2 N–H and O–H groups in total. The minimum absolute atomic E-state index is 0.289. The molecule has 4 rings (SSSR count). The van der Waals surface area contributed by atoms with Crippen LogP contribution in [0.25, 0.3) is 16.8 Å². The summed E-state index contributed by atoms with van der Waals surface area (Å²) in [6, 6.07) is 3.85. The first-order valence-electron chi connectivity index (χ1n) is 9.65. The molecule has 0 aliphatic rings. The molecule has 0 radical (unpaired) electrons. The van der Waals surface area contributed by atoms with Crippen molar-refractivity contribution >= 4 is 17.5 Å². The van der Waals surface area contributed by atoms with Gasteiger partial charge in [0.25, 0.3) is 0 Å². The van der Waals surface area contributed by atoms with Gasteiger partial charge in [-0.15, -0.1) is 10.2 Å². The highest BCUT2D eigenvalue weighted by atomic mass is 19.4. The number of rotatable bonds is 6. The molecule has 4 heterocycles. The summed E-state index contributed by atoms with van der Waals surface area (Å²) in [4.78, 5) is 21.5. The monoisotopic (exact) mass is 445 g/mol. The average molecular weight is 445 g/mol. The number of carbonyl (C=O) groups is 1. The molecule has 32 heavy (non-hydrogen) atoms. The Balaban J connectivity index is 1.41. The van der Waals surface area contributed by atoms with Gasteiger partial charge in [0.1, 0.15) is 5.65 Å². The zero-order chi connectivity index (χ0) is 22.7. The van der Waals surface area contributed by atoms with E-state index in [2.05, 4.69) is 36.0 Å². The highest BCUT2D eigenvalue weighted by Crippen LogP contribution is 2.31. The van der Waals surface area contributed by atoms with E-state index >= 15 is 0 Å². The minimum atomic E-state index is -4.48. The Morgan fingerprint density at radius 2 is 2.00 bits per heavy atom. The molecule has 0 saturated carbocycles. The number of aromatic nitrogens is 7. The number of nitrogens with one attached hydrogen (secondary N) is 2. The molecule has 0 saturated heterocycles. The molecule has 0 fully saturated rings. The number of urea groups is 1. The van der Waals surface area contributed by atoms with Crippen LogP contribution >= 0.6 is 0 Å². The molecule has 0 aliphatic heterocycles. The van der Waals surface area contributed by atoms with Crippen LogP contribution in [-0.2, 0) is 19.1 Å². The number of nitrogens with zero attached hydrogens (tertiary/aromatic N) is 7. The van der Waals surface area contributed by atoms with Gasteiger partial charge in [-0.25, -0.2) is 9.78 Å². The Morgan fingerprint density at radius 3 is 2.75 bits per heavy atom. The van der Waals surface area contributed by atoms with E-state index in [-0.39, 0.29) is 5.82 Å². The fourth-order valence-electron chi connectivity index (χ4n) is 2.93. The standard InChI is InChI=1S/C19H18F3N9O/c1-2-31-28-15(27-29-31)5-6-24-18(32)26-16-11-30-10-12(3-4-17(30)25-16)13-7-14(9-23-8-13)19(20,21)22/h3-4,7-11H,2,5-6H2,1H3,(H2,24,26,32). The van der Waals surface area contributed by atoms with Gasteiger partial charge < -0.3 is 9.72 Å². The number of halogens is 3. The first-order chi connectivity index (χ1) is 15.3. The molecular formula is C19H18F3N9O. The third kappa shape index (κ3) is 4.82. The second-order valence-electron chi connectivity index (χ2n) is 6.79. The van der Waals surface area contributed by atoms with Gasteiger partial charge in [0.15, 0.2) is 11.6 Å². The van der Waals surface area contributed by atoms with Crippen molar-refractivity contribution in [2.45, 2.75) is 26.1 Å². The lowest BCUT2D eigenvalue weighted by Crippen LogP contribution is -2.30. The first kappa shape index (κ1) is 21.2. The van der Waals surface area contributed by atoms with Crippen molar-refractivity contribution in [2.75, 3.05) is 11.9 Å². The number of aryl methyl sites for hydroxylation is 1. The van der Waals surface area contributed by atoms with E-state index in [1.165, 1.54) is 11.0 Å². The second kappa shape index (κ2) is 8.61. The van der Waals surface area contributed by atoms with E-state index in [0.29, 0.717) is 42.1 Å². The molecule has 13 heteroatoms. The SMILES string of the molecule is CCn1nnc(CCNC(=O)Nc2cn3cc(-c4cncc(C(F)(F)F)c4)ccc3n2)n1. The Morgan fingerprint density at radius 1 is 1.16 bits per heavy atom. The molecule has 10 nitrogen and oxygen atoms in total.